The van der Waals surface area contributed by atoms with Gasteiger partial charge in [-0.15, -0.1) is 0 Å². The van der Waals surface area contributed by atoms with E-state index >= 15 is 0 Å². The molecule has 0 aliphatic rings. The molecule has 0 aromatic carbocycles. The lowest BCUT2D eigenvalue weighted by Crippen LogP contribution is -2.32. The van der Waals surface area contributed by atoms with Gasteiger partial charge in [-0.2, -0.15) is 13.2 Å². The molecule has 0 radical (unpaired) electrons. The van der Waals surface area contributed by atoms with E-state index in [0.717, 1.165) is 6.42 Å². The summed E-state index contributed by atoms with van der Waals surface area (Å²) in [5.74, 6) is 0.459. The van der Waals surface area contributed by atoms with Crippen LogP contribution in [0.15, 0.2) is 0 Å². The average Bonchev–Trinajstić information content (AvgIpc) is 2.02. The lowest BCUT2D eigenvalue weighted by Gasteiger charge is -2.19. The number of halogens is 3. The molecule has 1 nitrogen and oxygen atoms in total. The Kier molecular flexibility index (Phi) is 9.36. The molecule has 0 bridgehead atoms. The van der Waals surface area contributed by atoms with Crippen molar-refractivity contribution in [3.63, 3.8) is 0 Å². The highest BCUT2D eigenvalue weighted by molar-refractivity contribution is 4.59. The number of nitrogens with zero attached hydrogens (tertiary/aromatic N) is 1. The third kappa shape index (κ3) is 14.3. The van der Waals surface area contributed by atoms with Crippen LogP contribution < -0.4 is 0 Å². The summed E-state index contributed by atoms with van der Waals surface area (Å²) in [6, 6.07) is 0. The molecule has 0 amide bonds. The fraction of sp³-hybridized carbons (Fsp3) is 1.00. The van der Waals surface area contributed by atoms with E-state index in [9.17, 15) is 13.2 Å². The van der Waals surface area contributed by atoms with Gasteiger partial charge in [-0.05, 0) is 25.9 Å². The van der Waals surface area contributed by atoms with Crippen molar-refractivity contribution >= 4 is 0 Å². The van der Waals surface area contributed by atoms with Gasteiger partial charge in [0, 0.05) is 0 Å². The van der Waals surface area contributed by atoms with Crippen LogP contribution in [0.4, 0.5) is 13.2 Å². The number of rotatable bonds is 4. The van der Waals surface area contributed by atoms with Crippen LogP contribution >= 0.6 is 0 Å². The van der Waals surface area contributed by atoms with Gasteiger partial charge < -0.3 is 0 Å². The van der Waals surface area contributed by atoms with E-state index < -0.39 is 12.7 Å². The molecule has 14 heavy (non-hydrogen) atoms. The van der Waals surface area contributed by atoms with Crippen LogP contribution in [0, 0.1) is 5.92 Å². The molecule has 88 valence electrons. The summed E-state index contributed by atoms with van der Waals surface area (Å²) in [5.41, 5.74) is 0. The zero-order chi connectivity index (χ0) is 11.8. The van der Waals surface area contributed by atoms with Gasteiger partial charge >= 0.3 is 6.18 Å². The Morgan fingerprint density at radius 3 is 1.86 bits per heavy atom. The van der Waals surface area contributed by atoms with Gasteiger partial charge in [0.1, 0.15) is 0 Å². The van der Waals surface area contributed by atoms with Gasteiger partial charge in [0.2, 0.25) is 0 Å². The maximum Gasteiger partial charge on any atom is 0.401 e. The van der Waals surface area contributed by atoms with Crippen molar-refractivity contribution in [2.75, 3.05) is 20.1 Å². The first-order chi connectivity index (χ1) is 6.31. The van der Waals surface area contributed by atoms with E-state index in [1.165, 1.54) is 11.9 Å². The van der Waals surface area contributed by atoms with Crippen molar-refractivity contribution in [1.82, 2.24) is 4.90 Å². The SMILES string of the molecule is CC.CC(C)CCN(C)CC(F)(F)F. The maximum atomic E-state index is 11.8. The van der Waals surface area contributed by atoms with Gasteiger partial charge in [-0.25, -0.2) is 0 Å². The minimum atomic E-state index is -4.06. The number of hydrogen-bond acceptors (Lipinski definition) is 1. The molecular formula is C10H22F3N. The first kappa shape index (κ1) is 16.2. The molecule has 0 rings (SSSR count). The predicted molar refractivity (Wildman–Crippen MR) is 54.4 cm³/mol. The van der Waals surface area contributed by atoms with Crippen LogP contribution in [0.1, 0.15) is 34.1 Å². The van der Waals surface area contributed by atoms with Gasteiger partial charge in [-0.3, -0.25) is 4.90 Å². The Hall–Kier alpha value is -0.250. The first-order valence-electron chi connectivity index (χ1n) is 5.06. The molecule has 0 aromatic rings. The largest absolute Gasteiger partial charge is 0.401 e. The molecule has 0 fully saturated rings. The second-order valence-electron chi connectivity index (χ2n) is 3.54. The number of alkyl halides is 3. The summed E-state index contributed by atoms with van der Waals surface area (Å²) >= 11 is 0. The van der Waals surface area contributed by atoms with Crippen molar-refractivity contribution in [3.05, 3.63) is 0 Å². The molecule has 0 saturated heterocycles. The van der Waals surface area contributed by atoms with Gasteiger partial charge in [0.25, 0.3) is 0 Å². The second-order valence-corrected chi connectivity index (χ2v) is 3.54. The summed E-state index contributed by atoms with van der Waals surface area (Å²) in [4.78, 5) is 1.31. The van der Waals surface area contributed by atoms with Crippen molar-refractivity contribution in [2.45, 2.75) is 40.3 Å². The molecule has 4 heteroatoms. The van der Waals surface area contributed by atoms with Crippen molar-refractivity contribution in [3.8, 4) is 0 Å². The fourth-order valence-corrected chi connectivity index (χ4v) is 0.864. The van der Waals surface area contributed by atoms with Gasteiger partial charge in [0.05, 0.1) is 6.54 Å². The van der Waals surface area contributed by atoms with Crippen molar-refractivity contribution in [1.29, 1.82) is 0 Å². The van der Waals surface area contributed by atoms with Crippen molar-refractivity contribution in [2.24, 2.45) is 5.92 Å². The summed E-state index contributed by atoms with van der Waals surface area (Å²) in [6.07, 6.45) is -3.25. The van der Waals surface area contributed by atoms with Crippen molar-refractivity contribution < 1.29 is 13.2 Å². The molecule has 0 unspecified atom stereocenters. The Morgan fingerprint density at radius 1 is 1.14 bits per heavy atom. The van der Waals surface area contributed by atoms with Crippen LogP contribution in [-0.4, -0.2) is 31.2 Å². The van der Waals surface area contributed by atoms with Gasteiger partial charge in [-0.1, -0.05) is 27.7 Å². The monoisotopic (exact) mass is 213 g/mol. The van der Waals surface area contributed by atoms with E-state index in [0.29, 0.717) is 12.5 Å². The quantitative estimate of drug-likeness (QED) is 0.690. The fourth-order valence-electron chi connectivity index (χ4n) is 0.864. The highest BCUT2D eigenvalue weighted by atomic mass is 19.4. The van der Waals surface area contributed by atoms with Gasteiger partial charge in [0.15, 0.2) is 0 Å². The third-order valence-corrected chi connectivity index (χ3v) is 1.54. The standard InChI is InChI=1S/C8H16F3N.C2H6/c1-7(2)4-5-12(3)6-8(9,10)11;1-2/h7H,4-6H2,1-3H3;1-2H3. The van der Waals surface area contributed by atoms with E-state index in [-0.39, 0.29) is 0 Å². The Balaban J connectivity index is 0. The summed E-state index contributed by atoms with van der Waals surface area (Å²) in [5, 5.41) is 0. The zero-order valence-corrected chi connectivity index (χ0v) is 9.78. The lowest BCUT2D eigenvalue weighted by atomic mass is 10.1. The van der Waals surface area contributed by atoms with Crippen LogP contribution in [0.5, 0.6) is 0 Å². The predicted octanol–water partition coefficient (Wildman–Crippen LogP) is 3.55. The minimum Gasteiger partial charge on any atom is -0.298 e. The molecule has 0 saturated carbocycles. The molecule has 0 atom stereocenters. The third-order valence-electron chi connectivity index (χ3n) is 1.54. The van der Waals surface area contributed by atoms with Crippen LogP contribution in [0.3, 0.4) is 0 Å². The minimum absolute atomic E-state index is 0.459. The molecule has 0 aliphatic carbocycles. The summed E-state index contributed by atoms with van der Waals surface area (Å²) < 4.78 is 35.4. The van der Waals surface area contributed by atoms with Crippen LogP contribution in [0.25, 0.3) is 0 Å². The maximum absolute atomic E-state index is 11.8. The summed E-state index contributed by atoms with van der Waals surface area (Å²) in [6.45, 7) is 7.71. The average molecular weight is 213 g/mol. The normalized spacial score (nSPS) is 11.6. The van der Waals surface area contributed by atoms with E-state index in [2.05, 4.69) is 0 Å². The molecule has 0 heterocycles. The van der Waals surface area contributed by atoms with Crippen LogP contribution in [-0.2, 0) is 0 Å². The lowest BCUT2D eigenvalue weighted by molar-refractivity contribution is -0.143. The molecule has 0 spiro atoms. The summed E-state index contributed by atoms with van der Waals surface area (Å²) in [7, 11) is 1.50. The Morgan fingerprint density at radius 2 is 1.57 bits per heavy atom. The molecule has 0 aliphatic heterocycles. The van der Waals surface area contributed by atoms with Crippen LogP contribution in [0.2, 0.25) is 0 Å². The highest BCUT2D eigenvalue weighted by Crippen LogP contribution is 2.15. The van der Waals surface area contributed by atoms with E-state index in [1.54, 1.807) is 0 Å². The Bertz CT molecular complexity index is 121. The zero-order valence-electron chi connectivity index (χ0n) is 9.78. The smallest absolute Gasteiger partial charge is 0.298 e. The number of hydrogen-bond donors (Lipinski definition) is 0. The first-order valence-corrected chi connectivity index (χ1v) is 5.06. The molecule has 0 aromatic heterocycles. The highest BCUT2D eigenvalue weighted by Gasteiger charge is 2.28. The molecular weight excluding hydrogens is 191 g/mol. The van der Waals surface area contributed by atoms with E-state index in [4.69, 9.17) is 0 Å². The Labute approximate surface area is 85.3 Å². The molecule has 0 N–H and O–H groups in total. The second kappa shape index (κ2) is 8.09. The van der Waals surface area contributed by atoms with E-state index in [1.807, 2.05) is 27.7 Å². The topological polar surface area (TPSA) is 3.24 Å².